The van der Waals surface area contributed by atoms with E-state index in [1.165, 1.54) is 6.07 Å². The van der Waals surface area contributed by atoms with Crippen LogP contribution in [0.25, 0.3) is 0 Å². The number of nitrogens with one attached hydrogen (secondary N) is 1. The van der Waals surface area contributed by atoms with E-state index < -0.39 is 34.2 Å². The van der Waals surface area contributed by atoms with Crippen molar-refractivity contribution in [1.29, 1.82) is 0 Å². The lowest BCUT2D eigenvalue weighted by Gasteiger charge is -2.11. The van der Waals surface area contributed by atoms with E-state index in [1.54, 1.807) is 0 Å². The highest BCUT2D eigenvalue weighted by Gasteiger charge is 2.31. The Balaban J connectivity index is 2.00. The molecule has 0 aliphatic carbocycles. The topological polar surface area (TPSA) is 94.4 Å². The van der Waals surface area contributed by atoms with Gasteiger partial charge in [-0.05, 0) is 12.1 Å². The normalized spacial score (nSPS) is 11.1. The van der Waals surface area contributed by atoms with Gasteiger partial charge in [0.15, 0.2) is 12.4 Å². The highest BCUT2D eigenvalue weighted by molar-refractivity contribution is 6.33. The molecule has 1 amide bonds. The van der Waals surface area contributed by atoms with Crippen molar-refractivity contribution in [2.45, 2.75) is 6.18 Å². The summed E-state index contributed by atoms with van der Waals surface area (Å²) in [5, 5.41) is 12.3. The highest BCUT2D eigenvalue weighted by Crippen LogP contribution is 2.32. The molecule has 12 heteroatoms. The predicted molar refractivity (Wildman–Crippen MR) is 86.5 cm³/mol. The quantitative estimate of drug-likeness (QED) is 0.585. The number of benzene rings is 1. The molecule has 0 saturated carbocycles. The maximum Gasteiger partial charge on any atom is 0.417 e. The molecule has 0 radical (unpaired) electrons. The molecular formula is C14H8Cl2F3N3O4. The average Bonchev–Trinajstić information content (AvgIpc) is 2.54. The van der Waals surface area contributed by atoms with Crippen molar-refractivity contribution in [2.24, 2.45) is 0 Å². The highest BCUT2D eigenvalue weighted by atomic mass is 35.5. The minimum absolute atomic E-state index is 0.0129. The predicted octanol–water partition coefficient (Wildman–Crippen LogP) is 4.33. The maximum absolute atomic E-state index is 12.5. The van der Waals surface area contributed by atoms with Crippen LogP contribution in [0.4, 0.5) is 24.7 Å². The summed E-state index contributed by atoms with van der Waals surface area (Å²) in [7, 11) is 0. The Hall–Kier alpha value is -2.59. The molecule has 0 aliphatic rings. The number of aromatic nitrogens is 1. The van der Waals surface area contributed by atoms with Crippen LogP contribution in [0.5, 0.6) is 5.75 Å². The van der Waals surface area contributed by atoms with Gasteiger partial charge in [-0.25, -0.2) is 4.98 Å². The van der Waals surface area contributed by atoms with E-state index in [4.69, 9.17) is 27.9 Å². The molecule has 0 fully saturated rings. The Morgan fingerprint density at radius 2 is 1.96 bits per heavy atom. The Bertz CT molecular complexity index is 862. The first-order chi connectivity index (χ1) is 12.1. The molecule has 0 aliphatic heterocycles. The van der Waals surface area contributed by atoms with Crippen LogP contribution in [-0.2, 0) is 11.0 Å². The summed E-state index contributed by atoms with van der Waals surface area (Å²) in [4.78, 5) is 25.2. The van der Waals surface area contributed by atoms with Crippen molar-refractivity contribution in [1.82, 2.24) is 4.98 Å². The van der Waals surface area contributed by atoms with Crippen LogP contribution < -0.4 is 10.1 Å². The number of halogens is 5. The molecular weight excluding hydrogens is 402 g/mol. The van der Waals surface area contributed by atoms with Crippen molar-refractivity contribution < 1.29 is 27.6 Å². The van der Waals surface area contributed by atoms with E-state index >= 15 is 0 Å². The van der Waals surface area contributed by atoms with E-state index in [9.17, 15) is 28.1 Å². The number of carbonyl (C=O) groups is 1. The number of amides is 1. The van der Waals surface area contributed by atoms with E-state index in [1.807, 2.05) is 0 Å². The fraction of sp³-hybridized carbons (Fsp3) is 0.143. The van der Waals surface area contributed by atoms with Gasteiger partial charge in [-0.2, -0.15) is 13.2 Å². The third-order valence-electron chi connectivity index (χ3n) is 2.91. The molecule has 2 aromatic rings. The van der Waals surface area contributed by atoms with Crippen LogP contribution in [0.3, 0.4) is 0 Å². The fourth-order valence-electron chi connectivity index (χ4n) is 1.72. The minimum atomic E-state index is -4.62. The van der Waals surface area contributed by atoms with Gasteiger partial charge in [-0.15, -0.1) is 0 Å². The number of ether oxygens (including phenoxy) is 1. The van der Waals surface area contributed by atoms with Crippen LogP contribution in [0.1, 0.15) is 5.56 Å². The number of hydrogen-bond acceptors (Lipinski definition) is 5. The number of pyridine rings is 1. The van der Waals surface area contributed by atoms with E-state index in [-0.39, 0.29) is 22.3 Å². The first-order valence-electron chi connectivity index (χ1n) is 6.67. The molecule has 0 saturated heterocycles. The fourth-order valence-corrected chi connectivity index (χ4v) is 2.16. The summed E-state index contributed by atoms with van der Waals surface area (Å²) in [5.41, 5.74) is -1.32. The van der Waals surface area contributed by atoms with Crippen molar-refractivity contribution in [3.8, 4) is 5.75 Å². The summed E-state index contributed by atoms with van der Waals surface area (Å²) in [6, 6.07) is 4.01. The monoisotopic (exact) mass is 409 g/mol. The number of nitro groups is 1. The summed E-state index contributed by atoms with van der Waals surface area (Å²) in [6.07, 6.45) is -4.09. The number of carbonyl (C=O) groups excluding carboxylic acids is 1. The van der Waals surface area contributed by atoms with E-state index in [0.717, 1.165) is 12.1 Å². The zero-order valence-corrected chi connectivity index (χ0v) is 14.0. The number of nitro benzene ring substituents is 1. The molecule has 1 heterocycles. The Morgan fingerprint density at radius 3 is 2.50 bits per heavy atom. The SMILES string of the molecule is O=C(COc1ccc([N+](=O)[O-])cc1Cl)Nc1ncc(C(F)(F)F)cc1Cl. The lowest BCUT2D eigenvalue weighted by molar-refractivity contribution is -0.384. The molecule has 2 rings (SSSR count). The molecule has 1 aromatic heterocycles. The smallest absolute Gasteiger partial charge is 0.417 e. The van der Waals surface area contributed by atoms with Gasteiger partial charge in [-0.1, -0.05) is 23.2 Å². The number of alkyl halides is 3. The summed E-state index contributed by atoms with van der Waals surface area (Å²) in [5.74, 6) is -1.03. The summed E-state index contributed by atoms with van der Waals surface area (Å²) in [6.45, 7) is -0.573. The molecule has 0 atom stereocenters. The zero-order chi connectivity index (χ0) is 19.5. The first-order valence-corrected chi connectivity index (χ1v) is 7.43. The van der Waals surface area contributed by atoms with Gasteiger partial charge < -0.3 is 10.1 Å². The minimum Gasteiger partial charge on any atom is -0.482 e. The molecule has 7 nitrogen and oxygen atoms in total. The molecule has 0 bridgehead atoms. The van der Waals surface area contributed by atoms with Gasteiger partial charge in [0, 0.05) is 18.3 Å². The molecule has 1 aromatic carbocycles. The first kappa shape index (κ1) is 19.7. The molecule has 0 spiro atoms. The van der Waals surface area contributed by atoms with Crippen LogP contribution in [-0.4, -0.2) is 22.4 Å². The van der Waals surface area contributed by atoms with Crippen LogP contribution >= 0.6 is 23.2 Å². The van der Waals surface area contributed by atoms with Crippen molar-refractivity contribution in [2.75, 3.05) is 11.9 Å². The number of non-ortho nitro benzene ring substituents is 1. The van der Waals surface area contributed by atoms with Crippen molar-refractivity contribution in [3.05, 3.63) is 56.2 Å². The third kappa shape index (κ3) is 4.96. The Kier molecular flexibility index (Phi) is 5.88. The number of hydrogen-bond donors (Lipinski definition) is 1. The Morgan fingerprint density at radius 1 is 1.27 bits per heavy atom. The second-order valence-electron chi connectivity index (χ2n) is 4.76. The van der Waals surface area contributed by atoms with Gasteiger partial charge in [0.2, 0.25) is 0 Å². The number of anilines is 1. The van der Waals surface area contributed by atoms with Crippen molar-refractivity contribution in [3.63, 3.8) is 0 Å². The Labute approximate surface area is 153 Å². The van der Waals surface area contributed by atoms with Gasteiger partial charge in [0.1, 0.15) is 5.75 Å². The van der Waals surface area contributed by atoms with Gasteiger partial charge >= 0.3 is 6.18 Å². The average molecular weight is 410 g/mol. The number of rotatable bonds is 5. The lowest BCUT2D eigenvalue weighted by atomic mass is 10.3. The molecule has 1 N–H and O–H groups in total. The summed E-state index contributed by atoms with van der Waals surface area (Å²) < 4.78 is 42.7. The molecule has 138 valence electrons. The number of nitrogens with zero attached hydrogens (tertiary/aromatic N) is 2. The standard InChI is InChI=1S/C14H8Cl2F3N3O4/c15-9-4-8(22(24)25)1-2-11(9)26-6-12(23)21-13-10(16)3-7(5-20-13)14(17,18)19/h1-5H,6H2,(H,20,21,23). The third-order valence-corrected chi connectivity index (χ3v) is 3.49. The van der Waals surface area contributed by atoms with Crippen molar-refractivity contribution >= 4 is 40.6 Å². The van der Waals surface area contributed by atoms with Gasteiger partial charge in [0.05, 0.1) is 20.5 Å². The second-order valence-corrected chi connectivity index (χ2v) is 5.58. The van der Waals surface area contributed by atoms with E-state index in [0.29, 0.717) is 12.3 Å². The molecule has 26 heavy (non-hydrogen) atoms. The van der Waals surface area contributed by atoms with E-state index in [2.05, 4.69) is 10.3 Å². The van der Waals surface area contributed by atoms with Crippen LogP contribution in [0.2, 0.25) is 10.0 Å². The van der Waals surface area contributed by atoms with Gasteiger partial charge in [0.25, 0.3) is 11.6 Å². The maximum atomic E-state index is 12.5. The summed E-state index contributed by atoms with van der Waals surface area (Å²) >= 11 is 11.5. The van der Waals surface area contributed by atoms with Crippen LogP contribution in [0, 0.1) is 10.1 Å². The molecule has 0 unspecified atom stereocenters. The second kappa shape index (κ2) is 7.75. The largest absolute Gasteiger partial charge is 0.482 e. The lowest BCUT2D eigenvalue weighted by Crippen LogP contribution is -2.21. The zero-order valence-electron chi connectivity index (χ0n) is 12.5. The van der Waals surface area contributed by atoms with Crippen LogP contribution in [0.15, 0.2) is 30.5 Å². The van der Waals surface area contributed by atoms with Gasteiger partial charge in [-0.3, -0.25) is 14.9 Å².